The predicted molar refractivity (Wildman–Crippen MR) is 136 cm³/mol. The van der Waals surface area contributed by atoms with Gasteiger partial charge in [-0.25, -0.2) is 17.2 Å². The maximum Gasteiger partial charge on any atom is 0.246 e. The first-order valence-electron chi connectivity index (χ1n) is 12.1. The fraction of sp³-hybridized carbons (Fsp3) is 0.321. The van der Waals surface area contributed by atoms with Crippen molar-refractivity contribution >= 4 is 15.9 Å². The molecule has 1 aliphatic rings. The lowest BCUT2D eigenvalue weighted by Crippen LogP contribution is -2.50. The molecule has 0 aliphatic carbocycles. The summed E-state index contributed by atoms with van der Waals surface area (Å²) in [6, 6.07) is 21.1. The van der Waals surface area contributed by atoms with Crippen molar-refractivity contribution in [2.24, 2.45) is 5.41 Å². The Bertz CT molecular complexity index is 1320. The van der Waals surface area contributed by atoms with Crippen molar-refractivity contribution in [1.82, 2.24) is 9.21 Å². The lowest BCUT2D eigenvalue weighted by Gasteiger charge is -2.42. The normalized spacial score (nSPS) is 18.4. The molecule has 1 aliphatic heterocycles. The highest BCUT2D eigenvalue weighted by Crippen LogP contribution is 2.37. The first-order valence-corrected chi connectivity index (χ1v) is 13.5. The van der Waals surface area contributed by atoms with E-state index in [0.717, 1.165) is 17.7 Å². The Kier molecular flexibility index (Phi) is 8.24. The minimum atomic E-state index is -4.26. The van der Waals surface area contributed by atoms with Crippen LogP contribution in [0.25, 0.3) is 0 Å². The van der Waals surface area contributed by atoms with Crippen LogP contribution in [0.15, 0.2) is 83.8 Å². The Morgan fingerprint density at radius 2 is 1.70 bits per heavy atom. The maximum absolute atomic E-state index is 14.5. The highest BCUT2D eigenvalue weighted by molar-refractivity contribution is 7.89. The summed E-state index contributed by atoms with van der Waals surface area (Å²) in [4.78, 5) is 14.4. The Morgan fingerprint density at radius 1 is 1.03 bits per heavy atom. The monoisotopic (exact) mass is 528 g/mol. The number of carbonyl (C=O) groups is 1. The average Bonchev–Trinajstić information content (AvgIpc) is 2.88. The van der Waals surface area contributed by atoms with E-state index in [1.54, 1.807) is 24.1 Å². The van der Waals surface area contributed by atoms with E-state index < -0.39 is 32.0 Å². The smallest absolute Gasteiger partial charge is 0.246 e. The molecule has 4 rings (SSSR count). The van der Waals surface area contributed by atoms with E-state index in [1.165, 1.54) is 4.31 Å². The van der Waals surface area contributed by atoms with Crippen LogP contribution < -0.4 is 4.74 Å². The fourth-order valence-electron chi connectivity index (χ4n) is 4.66. The van der Waals surface area contributed by atoms with Crippen LogP contribution in [0.4, 0.5) is 8.78 Å². The highest BCUT2D eigenvalue weighted by atomic mass is 32.2. The molecule has 0 N–H and O–H groups in total. The SMILES string of the molecule is CN(Cc1ccccc1)C(=O)C[C@@]1(COc2ccccc2)CCCN(S(=O)(=O)c2ccc(F)cc2F)C1. The van der Waals surface area contributed by atoms with Crippen LogP contribution in [0.2, 0.25) is 0 Å². The minimum absolute atomic E-state index is 0.0239. The lowest BCUT2D eigenvalue weighted by atomic mass is 9.78. The molecule has 1 heterocycles. The van der Waals surface area contributed by atoms with Gasteiger partial charge in [-0.2, -0.15) is 4.31 Å². The quantitative estimate of drug-likeness (QED) is 0.398. The number of hydrogen-bond acceptors (Lipinski definition) is 4. The second kappa shape index (κ2) is 11.4. The number of benzene rings is 3. The average molecular weight is 529 g/mol. The Hall–Kier alpha value is -3.30. The summed E-state index contributed by atoms with van der Waals surface area (Å²) in [6.07, 6.45) is 1.08. The van der Waals surface area contributed by atoms with E-state index in [1.807, 2.05) is 48.5 Å². The number of ether oxygens (including phenoxy) is 1. The molecule has 0 radical (unpaired) electrons. The molecule has 3 aromatic carbocycles. The summed E-state index contributed by atoms with van der Waals surface area (Å²) >= 11 is 0. The molecule has 37 heavy (non-hydrogen) atoms. The van der Waals surface area contributed by atoms with Crippen LogP contribution in [0.1, 0.15) is 24.8 Å². The molecule has 1 fully saturated rings. The third-order valence-electron chi connectivity index (χ3n) is 6.64. The van der Waals surface area contributed by atoms with Crippen LogP contribution in [0.5, 0.6) is 5.75 Å². The molecule has 1 saturated heterocycles. The van der Waals surface area contributed by atoms with Gasteiger partial charge < -0.3 is 9.64 Å². The third-order valence-corrected chi connectivity index (χ3v) is 8.52. The number of carbonyl (C=O) groups excluding carboxylic acids is 1. The molecule has 0 saturated carbocycles. The van der Waals surface area contributed by atoms with Gasteiger partial charge >= 0.3 is 0 Å². The third kappa shape index (κ3) is 6.53. The zero-order chi connectivity index (χ0) is 26.5. The molecular weight excluding hydrogens is 498 g/mol. The second-order valence-corrected chi connectivity index (χ2v) is 11.4. The van der Waals surface area contributed by atoms with Crippen LogP contribution in [-0.2, 0) is 21.4 Å². The predicted octanol–water partition coefficient (Wildman–Crippen LogP) is 4.86. The summed E-state index contributed by atoms with van der Waals surface area (Å²) < 4.78 is 61.8. The van der Waals surface area contributed by atoms with Crippen LogP contribution in [0, 0.1) is 17.0 Å². The highest BCUT2D eigenvalue weighted by Gasteiger charge is 2.43. The number of para-hydroxylation sites is 1. The summed E-state index contributed by atoms with van der Waals surface area (Å²) in [7, 11) is -2.54. The van der Waals surface area contributed by atoms with Crippen molar-refractivity contribution in [3.63, 3.8) is 0 Å². The van der Waals surface area contributed by atoms with Gasteiger partial charge in [-0.3, -0.25) is 4.79 Å². The molecule has 9 heteroatoms. The first-order chi connectivity index (χ1) is 17.7. The van der Waals surface area contributed by atoms with E-state index in [2.05, 4.69) is 0 Å². The van der Waals surface area contributed by atoms with E-state index in [0.29, 0.717) is 31.2 Å². The lowest BCUT2D eigenvalue weighted by molar-refractivity contribution is -0.134. The van der Waals surface area contributed by atoms with Crippen molar-refractivity contribution in [2.45, 2.75) is 30.7 Å². The molecule has 0 spiro atoms. The van der Waals surface area contributed by atoms with Gasteiger partial charge in [0.25, 0.3) is 0 Å². The van der Waals surface area contributed by atoms with Gasteiger partial charge in [0.1, 0.15) is 22.3 Å². The van der Waals surface area contributed by atoms with Crippen LogP contribution in [-0.4, -0.2) is 50.3 Å². The molecule has 0 unspecified atom stereocenters. The van der Waals surface area contributed by atoms with Crippen LogP contribution >= 0.6 is 0 Å². The molecule has 0 aromatic heterocycles. The number of rotatable bonds is 9. The zero-order valence-electron chi connectivity index (χ0n) is 20.6. The van der Waals surface area contributed by atoms with Crippen LogP contribution in [0.3, 0.4) is 0 Å². The van der Waals surface area contributed by atoms with E-state index >= 15 is 0 Å². The second-order valence-electron chi connectivity index (χ2n) is 9.53. The molecule has 196 valence electrons. The van der Waals surface area contributed by atoms with E-state index in [4.69, 9.17) is 4.74 Å². The molecule has 3 aromatic rings. The minimum Gasteiger partial charge on any atom is -0.493 e. The maximum atomic E-state index is 14.5. The molecule has 1 atom stereocenters. The fourth-order valence-corrected chi connectivity index (χ4v) is 6.30. The van der Waals surface area contributed by atoms with Gasteiger partial charge in [-0.05, 0) is 42.7 Å². The van der Waals surface area contributed by atoms with Gasteiger partial charge in [-0.15, -0.1) is 0 Å². The summed E-state index contributed by atoms with van der Waals surface area (Å²) in [5, 5.41) is 0. The number of sulfonamides is 1. The van der Waals surface area contributed by atoms with Gasteiger partial charge in [0.15, 0.2) is 0 Å². The van der Waals surface area contributed by atoms with E-state index in [9.17, 15) is 22.0 Å². The van der Waals surface area contributed by atoms with Crippen molar-refractivity contribution in [2.75, 3.05) is 26.7 Å². The van der Waals surface area contributed by atoms with Gasteiger partial charge in [0, 0.05) is 44.6 Å². The molecule has 0 bridgehead atoms. The van der Waals surface area contributed by atoms with Crippen molar-refractivity contribution in [3.8, 4) is 5.75 Å². The summed E-state index contributed by atoms with van der Waals surface area (Å²) in [5.41, 5.74) is 0.146. The zero-order valence-corrected chi connectivity index (χ0v) is 21.5. The number of hydrogen-bond donors (Lipinski definition) is 0. The van der Waals surface area contributed by atoms with Crippen molar-refractivity contribution in [3.05, 3.63) is 96.1 Å². The Labute approximate surface area is 216 Å². The van der Waals surface area contributed by atoms with Gasteiger partial charge in [-0.1, -0.05) is 48.5 Å². The topological polar surface area (TPSA) is 66.9 Å². The number of piperidine rings is 1. The Morgan fingerprint density at radius 3 is 2.38 bits per heavy atom. The number of halogens is 2. The van der Waals surface area contributed by atoms with E-state index in [-0.39, 0.29) is 32.0 Å². The number of nitrogens with zero attached hydrogens (tertiary/aromatic N) is 2. The molecular formula is C28H30F2N2O4S. The van der Waals surface area contributed by atoms with Crippen molar-refractivity contribution < 1.29 is 26.7 Å². The van der Waals surface area contributed by atoms with Gasteiger partial charge in [0.05, 0.1) is 6.61 Å². The van der Waals surface area contributed by atoms with Gasteiger partial charge in [0.2, 0.25) is 15.9 Å². The molecule has 6 nitrogen and oxygen atoms in total. The first kappa shape index (κ1) is 26.8. The molecule has 1 amide bonds. The largest absolute Gasteiger partial charge is 0.493 e. The summed E-state index contributed by atoms with van der Waals surface area (Å²) in [5.74, 6) is -1.53. The Balaban J connectivity index is 1.58. The standard InChI is InChI=1S/C28H30F2N2O4S/c1-31(19-22-9-4-2-5-10-22)27(33)18-28(21-36-24-11-6-3-7-12-24)15-8-16-32(20-28)37(34,35)26-14-13-23(29)17-25(26)30/h2-7,9-14,17H,8,15-16,18-21H2,1H3/t28-/m0/s1. The summed E-state index contributed by atoms with van der Waals surface area (Å²) in [6.45, 7) is 0.669. The van der Waals surface area contributed by atoms with Crippen molar-refractivity contribution in [1.29, 1.82) is 0 Å². The number of amides is 1.